The molecule has 1 aliphatic heterocycles. The van der Waals surface area contributed by atoms with E-state index in [1.54, 1.807) is 4.52 Å². The number of aromatic nitrogens is 2. The molecule has 0 atom stereocenters. The second kappa shape index (κ2) is 8.94. The third-order valence-corrected chi connectivity index (χ3v) is 6.27. The van der Waals surface area contributed by atoms with Gasteiger partial charge in [0, 0.05) is 18.2 Å². The molecule has 170 valence electrons. The van der Waals surface area contributed by atoms with Gasteiger partial charge in [0.2, 0.25) is 5.88 Å². The third-order valence-electron chi connectivity index (χ3n) is 6.27. The summed E-state index contributed by atoms with van der Waals surface area (Å²) in [4.78, 5) is 2.49. The van der Waals surface area contributed by atoms with Crippen LogP contribution in [0.25, 0.3) is 16.6 Å². The minimum atomic E-state index is -0.619. The fraction of sp³-hybridized carbons (Fsp3) is 0.296. The molecule has 0 radical (unpaired) electrons. The monoisotopic (exact) mass is 447 g/mol. The quantitative estimate of drug-likeness (QED) is 0.359. The topological polar surface area (TPSA) is 29.8 Å². The predicted molar refractivity (Wildman–Crippen MR) is 125 cm³/mol. The molecule has 1 aliphatic rings. The Morgan fingerprint density at radius 1 is 0.939 bits per heavy atom. The summed E-state index contributed by atoms with van der Waals surface area (Å²) in [6, 6.07) is 16.3. The van der Waals surface area contributed by atoms with Crippen LogP contribution in [0.3, 0.4) is 0 Å². The van der Waals surface area contributed by atoms with Crippen molar-refractivity contribution in [2.24, 2.45) is 0 Å². The number of halogens is 2. The van der Waals surface area contributed by atoms with Gasteiger partial charge < -0.3 is 4.74 Å². The van der Waals surface area contributed by atoms with Crippen LogP contribution in [0.4, 0.5) is 8.78 Å². The first kappa shape index (κ1) is 21.6. The maximum absolute atomic E-state index is 14.1. The standard InChI is InChI=1S/C27H27F2N3O/c1-18-13-25-27(21-8-5-7-20(15-21)16-31-11-3-4-12-31)19(2)30-32(25)26(14-18)33-17-22-23(28)9-6-10-24(22)29/h5-10,13-15H,3-4,11-12,16-17H2,1-2H3. The Bertz CT molecular complexity index is 1290. The average molecular weight is 448 g/mol. The molecule has 0 N–H and O–H groups in total. The number of fused-ring (bicyclic) bond motifs is 1. The summed E-state index contributed by atoms with van der Waals surface area (Å²) in [6.07, 6.45) is 2.54. The number of ether oxygens (including phenoxy) is 1. The molecule has 5 rings (SSSR count). The van der Waals surface area contributed by atoms with E-state index in [4.69, 9.17) is 9.84 Å². The van der Waals surface area contributed by atoms with Gasteiger partial charge in [-0.1, -0.05) is 24.3 Å². The Labute approximate surface area is 192 Å². The van der Waals surface area contributed by atoms with Crippen LogP contribution < -0.4 is 4.74 Å². The number of rotatable bonds is 6. The number of benzene rings is 2. The molecule has 0 saturated carbocycles. The van der Waals surface area contributed by atoms with Crippen molar-refractivity contribution in [1.82, 2.24) is 14.5 Å². The summed E-state index contributed by atoms with van der Waals surface area (Å²) in [5.74, 6) is -0.785. The van der Waals surface area contributed by atoms with Crippen molar-refractivity contribution in [2.75, 3.05) is 13.1 Å². The third kappa shape index (κ3) is 4.35. The lowest BCUT2D eigenvalue weighted by Gasteiger charge is -2.15. The molecule has 0 spiro atoms. The maximum atomic E-state index is 14.1. The van der Waals surface area contributed by atoms with Gasteiger partial charge in [-0.25, -0.2) is 13.3 Å². The number of likely N-dealkylation sites (tertiary alicyclic amines) is 1. The Kier molecular flexibility index (Phi) is 5.85. The first-order chi connectivity index (χ1) is 16.0. The second-order valence-electron chi connectivity index (χ2n) is 8.80. The van der Waals surface area contributed by atoms with E-state index in [-0.39, 0.29) is 12.2 Å². The predicted octanol–water partition coefficient (Wildman–Crippen LogP) is 6.07. The molecule has 33 heavy (non-hydrogen) atoms. The second-order valence-corrected chi connectivity index (χ2v) is 8.80. The van der Waals surface area contributed by atoms with Crippen molar-refractivity contribution in [2.45, 2.75) is 39.8 Å². The summed E-state index contributed by atoms with van der Waals surface area (Å²) < 4.78 is 35.8. The fourth-order valence-corrected chi connectivity index (χ4v) is 4.66. The van der Waals surface area contributed by atoms with Crippen molar-refractivity contribution >= 4 is 5.52 Å². The van der Waals surface area contributed by atoms with Gasteiger partial charge >= 0.3 is 0 Å². The molecule has 1 saturated heterocycles. The SMILES string of the molecule is Cc1cc(OCc2c(F)cccc2F)n2nc(C)c(-c3cccc(CN4CCCC4)c3)c2c1. The van der Waals surface area contributed by atoms with Crippen LogP contribution in [0, 0.1) is 25.5 Å². The van der Waals surface area contributed by atoms with Crippen LogP contribution in [-0.4, -0.2) is 27.6 Å². The van der Waals surface area contributed by atoms with E-state index in [0.29, 0.717) is 5.88 Å². The number of pyridine rings is 1. The summed E-state index contributed by atoms with van der Waals surface area (Å²) in [5.41, 5.74) is 6.12. The largest absolute Gasteiger partial charge is 0.473 e. The summed E-state index contributed by atoms with van der Waals surface area (Å²) in [6.45, 7) is 7.01. The van der Waals surface area contributed by atoms with E-state index in [1.165, 1.54) is 36.6 Å². The van der Waals surface area contributed by atoms with Gasteiger partial charge in [0.05, 0.1) is 16.8 Å². The lowest BCUT2D eigenvalue weighted by molar-refractivity contribution is 0.274. The molecule has 4 nitrogen and oxygen atoms in total. The van der Waals surface area contributed by atoms with Crippen molar-refractivity contribution in [3.8, 4) is 17.0 Å². The lowest BCUT2D eigenvalue weighted by atomic mass is 10.0. The smallest absolute Gasteiger partial charge is 0.215 e. The molecule has 0 unspecified atom stereocenters. The molecule has 1 fully saturated rings. The Hall–Kier alpha value is -3.25. The van der Waals surface area contributed by atoms with Crippen molar-refractivity contribution in [1.29, 1.82) is 0 Å². The molecular formula is C27H27F2N3O. The van der Waals surface area contributed by atoms with Gasteiger partial charge in [0.15, 0.2) is 0 Å². The molecule has 2 aromatic heterocycles. The highest BCUT2D eigenvalue weighted by Gasteiger charge is 2.18. The van der Waals surface area contributed by atoms with Crippen LogP contribution in [-0.2, 0) is 13.2 Å². The van der Waals surface area contributed by atoms with Crippen LogP contribution in [0.5, 0.6) is 5.88 Å². The van der Waals surface area contributed by atoms with E-state index >= 15 is 0 Å². The summed E-state index contributed by atoms with van der Waals surface area (Å²) in [7, 11) is 0. The van der Waals surface area contributed by atoms with E-state index in [0.717, 1.165) is 47.5 Å². The van der Waals surface area contributed by atoms with Gasteiger partial charge in [-0.2, -0.15) is 5.10 Å². The molecule has 6 heteroatoms. The minimum Gasteiger partial charge on any atom is -0.473 e. The molecule has 0 aliphatic carbocycles. The zero-order valence-electron chi connectivity index (χ0n) is 18.9. The van der Waals surface area contributed by atoms with Gasteiger partial charge in [-0.15, -0.1) is 0 Å². The normalized spacial score (nSPS) is 14.3. The van der Waals surface area contributed by atoms with Crippen LogP contribution in [0.1, 0.15) is 35.2 Å². The van der Waals surface area contributed by atoms with Crippen molar-refractivity contribution in [3.05, 3.63) is 88.6 Å². The molecule has 0 bridgehead atoms. The Morgan fingerprint density at radius 3 is 2.42 bits per heavy atom. The summed E-state index contributed by atoms with van der Waals surface area (Å²) >= 11 is 0. The van der Waals surface area contributed by atoms with Crippen molar-refractivity contribution < 1.29 is 13.5 Å². The molecule has 4 aromatic rings. The fourth-order valence-electron chi connectivity index (χ4n) is 4.66. The first-order valence-corrected chi connectivity index (χ1v) is 11.4. The summed E-state index contributed by atoms with van der Waals surface area (Å²) in [5, 5.41) is 4.71. The van der Waals surface area contributed by atoms with Crippen LogP contribution in [0.15, 0.2) is 54.6 Å². The first-order valence-electron chi connectivity index (χ1n) is 11.4. The average Bonchev–Trinajstić information content (AvgIpc) is 3.40. The van der Waals surface area contributed by atoms with Gasteiger partial charge in [-0.05, 0) is 80.7 Å². The highest BCUT2D eigenvalue weighted by atomic mass is 19.1. The lowest BCUT2D eigenvalue weighted by Crippen LogP contribution is -2.18. The van der Waals surface area contributed by atoms with E-state index in [2.05, 4.69) is 35.2 Å². The number of nitrogens with zero attached hydrogens (tertiary/aromatic N) is 3. The molecule has 0 amide bonds. The van der Waals surface area contributed by atoms with Crippen LogP contribution in [0.2, 0.25) is 0 Å². The van der Waals surface area contributed by atoms with Gasteiger partial charge in [-0.3, -0.25) is 4.90 Å². The van der Waals surface area contributed by atoms with Crippen molar-refractivity contribution in [3.63, 3.8) is 0 Å². The number of hydrogen-bond acceptors (Lipinski definition) is 3. The van der Waals surface area contributed by atoms with E-state index in [9.17, 15) is 8.78 Å². The molecule has 2 aromatic carbocycles. The zero-order valence-corrected chi connectivity index (χ0v) is 18.9. The van der Waals surface area contributed by atoms with Gasteiger partial charge in [0.25, 0.3) is 0 Å². The Morgan fingerprint density at radius 2 is 1.67 bits per heavy atom. The van der Waals surface area contributed by atoms with Crippen LogP contribution >= 0.6 is 0 Å². The Balaban J connectivity index is 1.50. The maximum Gasteiger partial charge on any atom is 0.215 e. The van der Waals surface area contributed by atoms with E-state index in [1.807, 2.05) is 19.9 Å². The van der Waals surface area contributed by atoms with Gasteiger partial charge in [0.1, 0.15) is 18.2 Å². The van der Waals surface area contributed by atoms with E-state index < -0.39 is 11.6 Å². The highest BCUT2D eigenvalue weighted by molar-refractivity contribution is 5.83. The minimum absolute atomic E-state index is 0.0918. The highest BCUT2D eigenvalue weighted by Crippen LogP contribution is 2.32. The number of aryl methyl sites for hydroxylation is 2. The zero-order chi connectivity index (χ0) is 22.9. The number of hydrogen-bond donors (Lipinski definition) is 0. The molecular weight excluding hydrogens is 420 g/mol. The molecule has 3 heterocycles.